The average molecular weight is 823 g/mol. The van der Waals surface area contributed by atoms with Crippen LogP contribution < -0.4 is 10.6 Å². The zero-order chi connectivity index (χ0) is 40.4. The van der Waals surface area contributed by atoms with Crippen LogP contribution in [0.25, 0.3) is 0 Å². The Labute approximate surface area is 339 Å². The number of aromatic nitrogens is 1. The van der Waals surface area contributed by atoms with Crippen LogP contribution in [0.15, 0.2) is 137 Å². The van der Waals surface area contributed by atoms with Gasteiger partial charge in [0.1, 0.15) is 22.7 Å². The van der Waals surface area contributed by atoms with Gasteiger partial charge in [-0.25, -0.2) is 9.78 Å². The molecule has 2 unspecified atom stereocenters. The number of carboxylic acid groups (broad SMARTS) is 1. The van der Waals surface area contributed by atoms with E-state index in [0.29, 0.717) is 23.8 Å². The Hall–Kier alpha value is -5.94. The second-order valence-electron chi connectivity index (χ2n) is 13.9. The summed E-state index contributed by atoms with van der Waals surface area (Å²) in [6.07, 6.45) is 0.762. The third kappa shape index (κ3) is 7.46. The summed E-state index contributed by atoms with van der Waals surface area (Å²) in [5.41, 5.74) is 3.18. The van der Waals surface area contributed by atoms with Crippen LogP contribution in [0.4, 0.5) is 13.9 Å². The highest BCUT2D eigenvalue weighted by molar-refractivity contribution is 7.92. The molecule has 1 saturated heterocycles. The zero-order valence-corrected chi connectivity index (χ0v) is 32.3. The first-order chi connectivity index (χ1) is 28.1. The number of thiazole rings is 1. The molecule has 0 bridgehead atoms. The van der Waals surface area contributed by atoms with E-state index in [0.717, 1.165) is 44.9 Å². The van der Waals surface area contributed by atoms with Crippen LogP contribution in [-0.2, 0) is 48.9 Å². The van der Waals surface area contributed by atoms with Crippen LogP contribution in [-0.4, -0.2) is 84.8 Å². The van der Waals surface area contributed by atoms with Gasteiger partial charge in [0.05, 0.1) is 0 Å². The van der Waals surface area contributed by atoms with Crippen LogP contribution in [0.3, 0.4) is 0 Å². The Kier molecular flexibility index (Phi) is 11.1. The number of nitrogens with one attached hydrogen (secondary N) is 2. The number of oxime groups is 1. The Morgan fingerprint density at radius 3 is 2.12 bits per heavy atom. The van der Waals surface area contributed by atoms with E-state index in [1.807, 2.05) is 114 Å². The van der Waals surface area contributed by atoms with Gasteiger partial charge in [0.2, 0.25) is 5.37 Å². The van der Waals surface area contributed by atoms with Crippen molar-refractivity contribution in [3.8, 4) is 0 Å². The normalized spacial score (nSPS) is 19.6. The van der Waals surface area contributed by atoms with E-state index < -0.39 is 58.2 Å². The predicted molar refractivity (Wildman–Crippen MR) is 214 cm³/mol. The number of β-lactam (4-membered cyclic amide) rings is 1. The lowest BCUT2D eigenvalue weighted by Crippen LogP contribution is -2.75. The summed E-state index contributed by atoms with van der Waals surface area (Å²) in [6.45, 7) is -1.98. The van der Waals surface area contributed by atoms with Gasteiger partial charge in [-0.3, -0.25) is 19.4 Å². The minimum absolute atomic E-state index is 0.136. The monoisotopic (exact) mass is 822 g/mol. The zero-order valence-electron chi connectivity index (χ0n) is 30.7. The van der Waals surface area contributed by atoms with Crippen molar-refractivity contribution in [1.82, 2.24) is 20.1 Å². The molecule has 12 nitrogen and oxygen atoms in total. The molecular formula is C42H36F2N6O6S2. The number of carbonyl (C=O) groups excluding carboxylic acids is 2. The number of nitrogens with zero attached hydrogens (tertiary/aromatic N) is 4. The van der Waals surface area contributed by atoms with Gasteiger partial charge in [-0.15, -0.1) is 11.3 Å². The van der Waals surface area contributed by atoms with Gasteiger partial charge in [0.25, 0.3) is 11.8 Å². The van der Waals surface area contributed by atoms with Crippen molar-refractivity contribution in [3.05, 3.63) is 165 Å². The lowest BCUT2D eigenvalue weighted by Gasteiger charge is -2.49. The first-order valence-electron chi connectivity index (χ1n) is 18.3. The molecule has 2 amide bonds. The second kappa shape index (κ2) is 16.5. The summed E-state index contributed by atoms with van der Waals surface area (Å²) in [7, 11) is 0. The number of alkyl halides is 2. The summed E-state index contributed by atoms with van der Waals surface area (Å²) in [5.74, 6) is -3.41. The van der Waals surface area contributed by atoms with E-state index >= 15 is 0 Å². The molecule has 3 N–H and O–H groups in total. The Bertz CT molecular complexity index is 2290. The summed E-state index contributed by atoms with van der Waals surface area (Å²) < 4.78 is 40.5. The highest BCUT2D eigenvalue weighted by atomic mass is 32.2. The van der Waals surface area contributed by atoms with Gasteiger partial charge in [-0.2, -0.15) is 8.78 Å². The molecule has 58 heavy (non-hydrogen) atoms. The third-order valence-corrected chi connectivity index (χ3v) is 12.8. The number of carboxylic acids is 1. The van der Waals surface area contributed by atoms with E-state index in [9.17, 15) is 32.8 Å². The van der Waals surface area contributed by atoms with E-state index in [1.54, 1.807) is 0 Å². The Balaban J connectivity index is 1.06. The first kappa shape index (κ1) is 38.9. The standard InChI is InChI=1S/C42H36F2N6O6S2/c43-40(44)56-48-33(32-24-57-41(45-32)47-42(29-14-4-1-5-15-29,30-16-6-2-7-17-30)31-18-8-3-9-19-31)36(51)46-34-37(52)50-35(39(53)54)28(25-58(55)38(34)50)23-49-21-20-26-12-10-11-13-27(26)22-49/h1-19,24,34,38,40H,20-23,25H2,(H,45,47)(H,46,51)(H,53,54)/b48-33+/t34?,38-,58?/m1/s1. The number of aliphatic carboxylic acids is 1. The number of anilines is 1. The second-order valence-corrected chi connectivity index (χ2v) is 16.3. The van der Waals surface area contributed by atoms with Crippen molar-refractivity contribution >= 4 is 51.1 Å². The maximum Gasteiger partial charge on any atom is 0.407 e. The maximum absolute atomic E-state index is 13.9. The Morgan fingerprint density at radius 2 is 1.53 bits per heavy atom. The number of rotatable bonds is 13. The lowest BCUT2D eigenvalue weighted by molar-refractivity contribution is -0.150. The fraction of sp³-hybridized carbons (Fsp3) is 0.214. The number of carbonyl (C=O) groups is 3. The molecule has 1 fully saturated rings. The van der Waals surface area contributed by atoms with Gasteiger partial charge in [-0.05, 0) is 45.4 Å². The molecular weight excluding hydrogens is 787 g/mol. The van der Waals surface area contributed by atoms with Gasteiger partial charge in [-0.1, -0.05) is 120 Å². The number of halogens is 2. The predicted octanol–water partition coefficient (Wildman–Crippen LogP) is 5.30. The van der Waals surface area contributed by atoms with E-state index in [-0.39, 0.29) is 23.7 Å². The van der Waals surface area contributed by atoms with Crippen LogP contribution in [0.2, 0.25) is 0 Å². The van der Waals surface area contributed by atoms with Crippen LogP contribution in [0.1, 0.15) is 33.5 Å². The molecule has 4 heterocycles. The van der Waals surface area contributed by atoms with Gasteiger partial charge in [0, 0.05) is 30.6 Å². The van der Waals surface area contributed by atoms with Crippen LogP contribution in [0.5, 0.6) is 0 Å². The minimum Gasteiger partial charge on any atom is -0.614 e. The first-order valence-corrected chi connectivity index (χ1v) is 20.6. The van der Waals surface area contributed by atoms with Crippen molar-refractivity contribution in [2.24, 2.45) is 5.16 Å². The smallest absolute Gasteiger partial charge is 0.407 e. The highest BCUT2D eigenvalue weighted by Crippen LogP contribution is 2.41. The molecule has 5 aromatic rings. The topological polar surface area (TPSA) is 160 Å². The van der Waals surface area contributed by atoms with Gasteiger partial charge in [0.15, 0.2) is 16.9 Å². The summed E-state index contributed by atoms with van der Waals surface area (Å²) in [6, 6.07) is 35.5. The molecule has 0 radical (unpaired) electrons. The molecule has 3 atom stereocenters. The summed E-state index contributed by atoms with van der Waals surface area (Å²) in [5, 5.41) is 20.2. The van der Waals surface area contributed by atoms with Crippen molar-refractivity contribution in [2.75, 3.05) is 24.2 Å². The number of hydrogen-bond donors (Lipinski definition) is 3. The molecule has 3 aliphatic heterocycles. The molecule has 16 heteroatoms. The number of hydrogen-bond acceptors (Lipinski definition) is 10. The van der Waals surface area contributed by atoms with Gasteiger partial charge < -0.3 is 25.1 Å². The Morgan fingerprint density at radius 1 is 0.948 bits per heavy atom. The van der Waals surface area contributed by atoms with E-state index in [2.05, 4.69) is 31.7 Å². The largest absolute Gasteiger partial charge is 0.614 e. The van der Waals surface area contributed by atoms with Crippen molar-refractivity contribution < 1.29 is 37.7 Å². The molecule has 8 rings (SSSR count). The van der Waals surface area contributed by atoms with Crippen molar-refractivity contribution in [2.45, 2.75) is 36.5 Å². The molecule has 296 valence electrons. The quantitative estimate of drug-likeness (QED) is 0.0471. The average Bonchev–Trinajstić information content (AvgIpc) is 3.70. The molecule has 4 aromatic carbocycles. The number of benzene rings is 4. The minimum atomic E-state index is -3.39. The summed E-state index contributed by atoms with van der Waals surface area (Å²) >= 11 is -0.728. The van der Waals surface area contributed by atoms with E-state index in [4.69, 9.17) is 0 Å². The van der Waals surface area contributed by atoms with Crippen LogP contribution >= 0.6 is 11.3 Å². The number of fused-ring (bicyclic) bond motifs is 2. The fourth-order valence-corrected chi connectivity index (χ4v) is 10.2. The molecule has 0 aliphatic carbocycles. The lowest BCUT2D eigenvalue weighted by atomic mass is 9.77. The van der Waals surface area contributed by atoms with E-state index in [1.165, 1.54) is 10.9 Å². The SMILES string of the molecule is O=C(O)C1=C(CN2CCc3ccccc3C2)C[S+]([O-])[C@@H]2C(NC(=O)/C(=N/OC(F)F)c3csc(NC(c4ccccc4)(c4ccccc4)c4ccccc4)n3)C(=O)N12. The number of amides is 2. The molecule has 3 aliphatic rings. The van der Waals surface area contributed by atoms with Crippen LogP contribution in [0, 0.1) is 0 Å². The summed E-state index contributed by atoms with van der Waals surface area (Å²) in [4.78, 5) is 51.9. The molecule has 0 spiro atoms. The molecule has 0 saturated carbocycles. The third-order valence-electron chi connectivity index (χ3n) is 10.4. The molecule has 1 aromatic heterocycles. The van der Waals surface area contributed by atoms with Crippen molar-refractivity contribution in [1.29, 1.82) is 0 Å². The van der Waals surface area contributed by atoms with Crippen molar-refractivity contribution in [3.63, 3.8) is 0 Å². The highest BCUT2D eigenvalue weighted by Gasteiger charge is 2.61. The maximum atomic E-state index is 13.9. The fourth-order valence-electron chi connectivity index (χ4n) is 7.82. The van der Waals surface area contributed by atoms with Gasteiger partial charge >= 0.3 is 12.6 Å².